The van der Waals surface area contributed by atoms with E-state index in [-0.39, 0.29) is 6.04 Å². The zero-order chi connectivity index (χ0) is 15.3. The molecular formula is C20H31NO. The first-order valence-electron chi connectivity index (χ1n) is 9.70. The smallest absolute Gasteiger partial charge is 0.110 e. The molecular weight excluding hydrogens is 270 g/mol. The molecule has 122 valence electrons. The first-order chi connectivity index (χ1) is 10.7. The summed E-state index contributed by atoms with van der Waals surface area (Å²) < 4.78 is 0. The fourth-order valence-electron chi connectivity index (χ4n) is 7.18. The van der Waals surface area contributed by atoms with Crippen LogP contribution in [0.4, 0.5) is 0 Å². The molecule has 0 aromatic rings. The lowest BCUT2D eigenvalue weighted by Crippen LogP contribution is -2.46. The molecule has 4 aliphatic carbocycles. The number of nitroso groups, excluding NO2 is 1. The highest BCUT2D eigenvalue weighted by atomic mass is 16.3. The van der Waals surface area contributed by atoms with E-state index in [9.17, 15) is 4.91 Å². The number of hydrogen-bond acceptors (Lipinski definition) is 2. The van der Waals surface area contributed by atoms with Crippen molar-refractivity contribution in [1.82, 2.24) is 0 Å². The third kappa shape index (κ3) is 2.05. The quantitative estimate of drug-likeness (QED) is 0.473. The second-order valence-electron chi connectivity index (χ2n) is 8.80. The molecule has 2 heteroatoms. The Morgan fingerprint density at radius 2 is 2.00 bits per heavy atom. The lowest BCUT2D eigenvalue weighted by Gasteiger charge is -2.54. The Bertz CT molecular complexity index is 484. The largest absolute Gasteiger partial charge is 0.150 e. The summed E-state index contributed by atoms with van der Waals surface area (Å²) in [7, 11) is 0. The summed E-state index contributed by atoms with van der Waals surface area (Å²) in [6.07, 6.45) is 14.3. The average Bonchev–Trinajstić information content (AvgIpc) is 2.90. The summed E-state index contributed by atoms with van der Waals surface area (Å²) in [6, 6.07) is -0.0207. The summed E-state index contributed by atoms with van der Waals surface area (Å²) in [5.41, 5.74) is 2.24. The van der Waals surface area contributed by atoms with Gasteiger partial charge in [-0.2, -0.15) is 4.91 Å². The Morgan fingerprint density at radius 3 is 2.77 bits per heavy atom. The van der Waals surface area contributed by atoms with Crippen molar-refractivity contribution >= 4 is 0 Å². The van der Waals surface area contributed by atoms with Crippen molar-refractivity contribution in [3.63, 3.8) is 0 Å². The second kappa shape index (κ2) is 5.46. The third-order valence-corrected chi connectivity index (χ3v) is 8.26. The summed E-state index contributed by atoms with van der Waals surface area (Å²) in [4.78, 5) is 10.9. The standard InChI is InChI=1S/C20H31NO/c1-3-14-5-9-19-18-7-4-13-12-15(21-22)6-8-16(13)17(18)10-11-20(14,19)2/h12,14-19H,3-11H2,1-2H3/t14-,15?,16?,17?,18?,19?,20+/m0/s1. The minimum atomic E-state index is -0.0207. The van der Waals surface area contributed by atoms with E-state index in [4.69, 9.17) is 0 Å². The second-order valence-corrected chi connectivity index (χ2v) is 8.80. The molecule has 3 fully saturated rings. The van der Waals surface area contributed by atoms with Gasteiger partial charge in [-0.1, -0.05) is 37.1 Å². The van der Waals surface area contributed by atoms with Crippen LogP contribution in [0.2, 0.25) is 0 Å². The Balaban J connectivity index is 1.58. The van der Waals surface area contributed by atoms with Crippen molar-refractivity contribution in [3.05, 3.63) is 16.6 Å². The summed E-state index contributed by atoms with van der Waals surface area (Å²) in [5.74, 6) is 4.64. The number of nitrogens with zero attached hydrogens (tertiary/aromatic N) is 1. The molecule has 3 saturated carbocycles. The summed E-state index contributed by atoms with van der Waals surface area (Å²) in [5, 5.41) is 3.30. The number of fused-ring (bicyclic) bond motifs is 5. The lowest BCUT2D eigenvalue weighted by atomic mass is 9.51. The van der Waals surface area contributed by atoms with Gasteiger partial charge in [-0.05, 0) is 86.4 Å². The van der Waals surface area contributed by atoms with Gasteiger partial charge in [0.05, 0.1) is 0 Å². The van der Waals surface area contributed by atoms with E-state index in [1.165, 1.54) is 51.4 Å². The molecule has 0 radical (unpaired) electrons. The van der Waals surface area contributed by atoms with Gasteiger partial charge in [0.1, 0.15) is 6.04 Å². The first-order valence-corrected chi connectivity index (χ1v) is 9.70. The minimum Gasteiger partial charge on any atom is -0.150 e. The molecule has 0 aromatic carbocycles. The number of rotatable bonds is 2. The molecule has 0 aromatic heterocycles. The van der Waals surface area contributed by atoms with Gasteiger partial charge in [0.2, 0.25) is 0 Å². The molecule has 0 bridgehead atoms. The van der Waals surface area contributed by atoms with Gasteiger partial charge in [-0.15, -0.1) is 0 Å². The molecule has 0 N–H and O–H groups in total. The molecule has 5 unspecified atom stereocenters. The van der Waals surface area contributed by atoms with E-state index in [1.807, 2.05) is 0 Å². The van der Waals surface area contributed by atoms with E-state index < -0.39 is 0 Å². The van der Waals surface area contributed by atoms with Crippen LogP contribution in [0.1, 0.15) is 71.6 Å². The highest BCUT2D eigenvalue weighted by Gasteiger charge is 2.55. The van der Waals surface area contributed by atoms with Gasteiger partial charge < -0.3 is 0 Å². The number of allylic oxidation sites excluding steroid dienone is 1. The summed E-state index contributed by atoms with van der Waals surface area (Å²) >= 11 is 0. The molecule has 0 heterocycles. The maximum Gasteiger partial charge on any atom is 0.110 e. The SMILES string of the molecule is CC[C@H]1CCC2C3CCC4=CC(N=O)CCC4C3CC[C@@]21C. The lowest BCUT2D eigenvalue weighted by molar-refractivity contribution is -0.0225. The normalized spacial score (nSPS) is 50.5. The van der Waals surface area contributed by atoms with Crippen LogP contribution >= 0.6 is 0 Å². The molecule has 0 amide bonds. The molecule has 0 saturated heterocycles. The Morgan fingerprint density at radius 1 is 1.14 bits per heavy atom. The van der Waals surface area contributed by atoms with Crippen molar-refractivity contribution in [3.8, 4) is 0 Å². The van der Waals surface area contributed by atoms with Gasteiger partial charge in [-0.3, -0.25) is 0 Å². The van der Waals surface area contributed by atoms with Crippen molar-refractivity contribution < 1.29 is 0 Å². The van der Waals surface area contributed by atoms with E-state index in [0.29, 0.717) is 5.41 Å². The van der Waals surface area contributed by atoms with Crippen LogP contribution in [0.15, 0.2) is 16.8 Å². The Hall–Kier alpha value is -0.660. The van der Waals surface area contributed by atoms with E-state index in [1.54, 1.807) is 5.57 Å². The minimum absolute atomic E-state index is 0.0207. The monoisotopic (exact) mass is 301 g/mol. The van der Waals surface area contributed by atoms with Crippen LogP contribution in [0, 0.1) is 39.9 Å². The fourth-order valence-corrected chi connectivity index (χ4v) is 7.18. The van der Waals surface area contributed by atoms with Crippen molar-refractivity contribution in [2.45, 2.75) is 77.7 Å². The molecule has 7 atom stereocenters. The van der Waals surface area contributed by atoms with Crippen LogP contribution in [0.5, 0.6) is 0 Å². The van der Waals surface area contributed by atoms with Crippen LogP contribution in [-0.4, -0.2) is 6.04 Å². The fraction of sp³-hybridized carbons (Fsp3) is 0.900. The van der Waals surface area contributed by atoms with Crippen molar-refractivity contribution in [2.24, 2.45) is 40.2 Å². The van der Waals surface area contributed by atoms with Crippen LogP contribution in [-0.2, 0) is 0 Å². The van der Waals surface area contributed by atoms with E-state index in [2.05, 4.69) is 25.1 Å². The van der Waals surface area contributed by atoms with Crippen molar-refractivity contribution in [2.75, 3.05) is 0 Å². The molecule has 4 rings (SSSR count). The van der Waals surface area contributed by atoms with Gasteiger partial charge in [0, 0.05) is 0 Å². The average molecular weight is 301 g/mol. The first kappa shape index (κ1) is 14.9. The third-order valence-electron chi connectivity index (χ3n) is 8.26. The Kier molecular flexibility index (Phi) is 3.70. The molecule has 2 nitrogen and oxygen atoms in total. The van der Waals surface area contributed by atoms with Crippen LogP contribution in [0.25, 0.3) is 0 Å². The van der Waals surface area contributed by atoms with E-state index in [0.717, 1.165) is 36.0 Å². The van der Waals surface area contributed by atoms with Gasteiger partial charge in [0.25, 0.3) is 0 Å². The predicted octanol–water partition coefficient (Wildman–Crippen LogP) is 5.72. The highest BCUT2D eigenvalue weighted by Crippen LogP contribution is 2.64. The maximum atomic E-state index is 10.9. The predicted molar refractivity (Wildman–Crippen MR) is 90.5 cm³/mol. The zero-order valence-corrected chi connectivity index (χ0v) is 14.3. The summed E-state index contributed by atoms with van der Waals surface area (Å²) in [6.45, 7) is 5.02. The van der Waals surface area contributed by atoms with Crippen molar-refractivity contribution in [1.29, 1.82) is 0 Å². The van der Waals surface area contributed by atoms with Gasteiger partial charge in [0.15, 0.2) is 0 Å². The molecule has 0 aliphatic heterocycles. The van der Waals surface area contributed by atoms with Crippen LogP contribution < -0.4 is 0 Å². The molecule has 22 heavy (non-hydrogen) atoms. The molecule has 0 spiro atoms. The Labute approximate surface area is 135 Å². The van der Waals surface area contributed by atoms with Crippen LogP contribution in [0.3, 0.4) is 0 Å². The van der Waals surface area contributed by atoms with Gasteiger partial charge in [-0.25, -0.2) is 0 Å². The topological polar surface area (TPSA) is 29.4 Å². The maximum absolute atomic E-state index is 10.9. The zero-order valence-electron chi connectivity index (χ0n) is 14.3. The molecule has 4 aliphatic rings. The van der Waals surface area contributed by atoms with Gasteiger partial charge >= 0.3 is 0 Å². The van der Waals surface area contributed by atoms with E-state index >= 15 is 0 Å². The highest BCUT2D eigenvalue weighted by molar-refractivity contribution is 5.21. The number of hydrogen-bond donors (Lipinski definition) is 0.